The number of carboxylic acid groups (broad SMARTS) is 1. The molecule has 238 valence electrons. The number of hydrogen-bond acceptors (Lipinski definition) is 4. The van der Waals surface area contributed by atoms with Crippen molar-refractivity contribution in [1.82, 2.24) is 15.1 Å². The Bertz CT molecular complexity index is 1500. The van der Waals surface area contributed by atoms with Crippen LogP contribution >= 0.6 is 0 Å². The first-order valence-corrected chi connectivity index (χ1v) is 15.7. The molecular formula is C37H45N3O5. The molecule has 0 fully saturated rings. The molecule has 0 aliphatic carbocycles. The van der Waals surface area contributed by atoms with E-state index in [9.17, 15) is 24.3 Å². The zero-order valence-electron chi connectivity index (χ0n) is 27.0. The molecule has 8 nitrogen and oxygen atoms in total. The Hall–Kier alpha value is -4.46. The van der Waals surface area contributed by atoms with Crippen LogP contribution < -0.4 is 5.32 Å². The monoisotopic (exact) mass is 611 g/mol. The molecule has 0 bridgehead atoms. The summed E-state index contributed by atoms with van der Waals surface area (Å²) in [7, 11) is 0. The van der Waals surface area contributed by atoms with E-state index in [-0.39, 0.29) is 41.8 Å². The van der Waals surface area contributed by atoms with Gasteiger partial charge < -0.3 is 20.2 Å². The first kappa shape index (κ1) is 33.4. The smallest absolute Gasteiger partial charge is 0.335 e. The van der Waals surface area contributed by atoms with Gasteiger partial charge in [0.25, 0.3) is 5.91 Å². The second-order valence-corrected chi connectivity index (χ2v) is 13.1. The van der Waals surface area contributed by atoms with Gasteiger partial charge in [0, 0.05) is 31.1 Å². The molecule has 8 heteroatoms. The number of aromatic carboxylic acids is 1. The second-order valence-electron chi connectivity index (χ2n) is 13.1. The average Bonchev–Trinajstić information content (AvgIpc) is 3.03. The SMILES string of the molecule is CC[C@@H](C)C(=O)N[C@H](C(=O)N1Cc2ccccc2C[C@H]1CN(CCc1ccccc1)C(=O)c1ccc(C(=O)O)cc1)C(C)(C)C. The lowest BCUT2D eigenvalue weighted by Gasteiger charge is -2.43. The van der Waals surface area contributed by atoms with Gasteiger partial charge in [0.15, 0.2) is 0 Å². The molecule has 3 amide bonds. The highest BCUT2D eigenvalue weighted by Gasteiger charge is 2.41. The molecule has 0 unspecified atom stereocenters. The third-order valence-corrected chi connectivity index (χ3v) is 8.71. The van der Waals surface area contributed by atoms with Crippen LogP contribution in [0.3, 0.4) is 0 Å². The van der Waals surface area contributed by atoms with Crippen LogP contribution in [0.4, 0.5) is 0 Å². The van der Waals surface area contributed by atoms with Crippen molar-refractivity contribution in [2.24, 2.45) is 11.3 Å². The predicted octanol–water partition coefficient (Wildman–Crippen LogP) is 5.60. The molecule has 0 saturated heterocycles. The third kappa shape index (κ3) is 8.38. The van der Waals surface area contributed by atoms with E-state index in [4.69, 9.17) is 0 Å². The fourth-order valence-corrected chi connectivity index (χ4v) is 5.67. The molecule has 45 heavy (non-hydrogen) atoms. The predicted molar refractivity (Wildman–Crippen MR) is 175 cm³/mol. The van der Waals surface area contributed by atoms with Crippen molar-refractivity contribution < 1.29 is 24.3 Å². The first-order valence-electron chi connectivity index (χ1n) is 15.7. The maximum Gasteiger partial charge on any atom is 0.335 e. The Kier molecular flexibility index (Phi) is 10.8. The minimum atomic E-state index is -1.06. The summed E-state index contributed by atoms with van der Waals surface area (Å²) in [5.74, 6) is -1.83. The molecule has 1 aliphatic rings. The normalized spacial score (nSPS) is 15.8. The maximum absolute atomic E-state index is 14.5. The van der Waals surface area contributed by atoms with Crippen molar-refractivity contribution in [3.05, 3.63) is 107 Å². The lowest BCUT2D eigenvalue weighted by molar-refractivity contribution is -0.143. The van der Waals surface area contributed by atoms with E-state index in [1.165, 1.54) is 12.1 Å². The van der Waals surface area contributed by atoms with Gasteiger partial charge in [0.05, 0.1) is 11.6 Å². The Morgan fingerprint density at radius 2 is 1.51 bits per heavy atom. The summed E-state index contributed by atoms with van der Waals surface area (Å²) in [6.07, 6.45) is 1.85. The van der Waals surface area contributed by atoms with Gasteiger partial charge >= 0.3 is 5.97 Å². The number of fused-ring (bicyclic) bond motifs is 1. The highest BCUT2D eigenvalue weighted by molar-refractivity contribution is 5.96. The van der Waals surface area contributed by atoms with Crippen LogP contribution in [-0.2, 0) is 29.0 Å². The number of carbonyl (C=O) groups excluding carboxylic acids is 3. The number of amides is 3. The van der Waals surface area contributed by atoms with Crippen LogP contribution in [0.5, 0.6) is 0 Å². The Morgan fingerprint density at radius 1 is 0.911 bits per heavy atom. The topological polar surface area (TPSA) is 107 Å². The van der Waals surface area contributed by atoms with Crippen molar-refractivity contribution in [1.29, 1.82) is 0 Å². The molecule has 3 aromatic carbocycles. The van der Waals surface area contributed by atoms with Crippen LogP contribution in [0.15, 0.2) is 78.9 Å². The highest BCUT2D eigenvalue weighted by Crippen LogP contribution is 2.29. The van der Waals surface area contributed by atoms with Gasteiger partial charge in [-0.1, -0.05) is 89.2 Å². The van der Waals surface area contributed by atoms with Crippen molar-refractivity contribution >= 4 is 23.7 Å². The number of hydrogen-bond donors (Lipinski definition) is 2. The molecule has 3 atom stereocenters. The molecule has 0 aromatic heterocycles. The Labute approximate surface area is 266 Å². The number of carbonyl (C=O) groups is 4. The molecule has 2 N–H and O–H groups in total. The zero-order chi connectivity index (χ0) is 32.7. The summed E-state index contributed by atoms with van der Waals surface area (Å²) in [6.45, 7) is 10.7. The van der Waals surface area contributed by atoms with E-state index in [1.807, 2.05) is 88.0 Å². The molecule has 0 radical (unpaired) electrons. The molecule has 0 saturated carbocycles. The number of rotatable bonds is 11. The summed E-state index contributed by atoms with van der Waals surface area (Å²) in [5, 5.41) is 12.4. The van der Waals surface area contributed by atoms with Gasteiger partial charge in [-0.2, -0.15) is 0 Å². The molecule has 3 aromatic rings. The minimum absolute atomic E-state index is 0.107. The van der Waals surface area contributed by atoms with E-state index in [0.717, 1.165) is 16.7 Å². The summed E-state index contributed by atoms with van der Waals surface area (Å²) >= 11 is 0. The summed E-state index contributed by atoms with van der Waals surface area (Å²) in [6, 6.07) is 22.8. The first-order chi connectivity index (χ1) is 21.4. The lowest BCUT2D eigenvalue weighted by atomic mass is 9.84. The summed E-state index contributed by atoms with van der Waals surface area (Å²) in [5.41, 5.74) is 3.21. The fourth-order valence-electron chi connectivity index (χ4n) is 5.67. The van der Waals surface area contributed by atoms with E-state index < -0.39 is 17.4 Å². The van der Waals surface area contributed by atoms with E-state index in [1.54, 1.807) is 17.0 Å². The van der Waals surface area contributed by atoms with Gasteiger partial charge in [0.2, 0.25) is 11.8 Å². The Balaban J connectivity index is 1.68. The number of nitrogens with zero attached hydrogens (tertiary/aromatic N) is 2. The van der Waals surface area contributed by atoms with Crippen molar-refractivity contribution in [2.45, 2.75) is 72.5 Å². The molecule has 1 heterocycles. The van der Waals surface area contributed by atoms with Crippen LogP contribution in [0.25, 0.3) is 0 Å². The number of benzene rings is 3. The van der Waals surface area contributed by atoms with Crippen LogP contribution in [0.1, 0.15) is 78.4 Å². The van der Waals surface area contributed by atoms with Gasteiger partial charge in [-0.25, -0.2) is 4.79 Å². The van der Waals surface area contributed by atoms with Gasteiger partial charge in [-0.3, -0.25) is 14.4 Å². The standard InChI is InChI=1S/C37H45N3O5/c1-6-25(2)33(41)38-32(37(3,4)5)35(43)40-23-30-15-11-10-14-29(30)22-31(40)24-39(21-20-26-12-8-7-9-13-26)34(42)27-16-18-28(19-17-27)36(44)45/h7-19,25,31-32H,6,20-24H2,1-5H3,(H,38,41)(H,44,45)/t25-,31+,32-/m1/s1. The molecular weight excluding hydrogens is 566 g/mol. The van der Waals surface area contributed by atoms with E-state index in [0.29, 0.717) is 37.9 Å². The van der Waals surface area contributed by atoms with Crippen LogP contribution in [-0.4, -0.2) is 63.8 Å². The number of carboxylic acids is 1. The van der Waals surface area contributed by atoms with Crippen molar-refractivity contribution in [3.8, 4) is 0 Å². The fraction of sp³-hybridized carbons (Fsp3) is 0.405. The van der Waals surface area contributed by atoms with Gasteiger partial charge in [-0.15, -0.1) is 0 Å². The van der Waals surface area contributed by atoms with E-state index >= 15 is 0 Å². The van der Waals surface area contributed by atoms with Crippen LogP contribution in [0, 0.1) is 11.3 Å². The lowest BCUT2D eigenvalue weighted by Crippen LogP contribution is -2.60. The van der Waals surface area contributed by atoms with Crippen LogP contribution in [0.2, 0.25) is 0 Å². The number of nitrogens with one attached hydrogen (secondary N) is 1. The minimum Gasteiger partial charge on any atom is -0.478 e. The third-order valence-electron chi connectivity index (χ3n) is 8.71. The van der Waals surface area contributed by atoms with Crippen molar-refractivity contribution in [2.75, 3.05) is 13.1 Å². The second kappa shape index (κ2) is 14.5. The van der Waals surface area contributed by atoms with Gasteiger partial charge in [0.1, 0.15) is 6.04 Å². The van der Waals surface area contributed by atoms with Crippen molar-refractivity contribution in [3.63, 3.8) is 0 Å². The molecule has 4 rings (SSSR count). The highest BCUT2D eigenvalue weighted by atomic mass is 16.4. The maximum atomic E-state index is 14.5. The molecule has 0 spiro atoms. The molecule has 1 aliphatic heterocycles. The largest absolute Gasteiger partial charge is 0.478 e. The Morgan fingerprint density at radius 3 is 2.11 bits per heavy atom. The quantitative estimate of drug-likeness (QED) is 0.294. The van der Waals surface area contributed by atoms with E-state index in [2.05, 4.69) is 11.4 Å². The zero-order valence-corrected chi connectivity index (χ0v) is 27.0. The average molecular weight is 612 g/mol. The van der Waals surface area contributed by atoms with Gasteiger partial charge in [-0.05, 0) is 65.6 Å². The summed E-state index contributed by atoms with van der Waals surface area (Å²) < 4.78 is 0. The summed E-state index contributed by atoms with van der Waals surface area (Å²) in [4.78, 5) is 56.5.